The Bertz CT molecular complexity index is 385. The molecule has 0 atom stereocenters. The molecule has 0 aliphatic heterocycles. The number of halogens is 1. The van der Waals surface area contributed by atoms with Crippen molar-refractivity contribution in [1.29, 1.82) is 0 Å². The smallest absolute Gasteiger partial charge is 0.328 e. The van der Waals surface area contributed by atoms with E-state index < -0.39 is 5.97 Å². The first-order valence-electron chi connectivity index (χ1n) is 4.47. The number of aliphatic carboxylic acids is 1. The molecule has 0 saturated heterocycles. The van der Waals surface area contributed by atoms with Crippen LogP contribution >= 0.6 is 11.6 Å². The molecule has 0 fully saturated rings. The Labute approximate surface area is 92.9 Å². The van der Waals surface area contributed by atoms with Crippen LogP contribution in [0.3, 0.4) is 0 Å². The second-order valence-corrected chi connectivity index (χ2v) is 3.14. The third-order valence-corrected chi connectivity index (χ3v) is 2.10. The van der Waals surface area contributed by atoms with Gasteiger partial charge in [0, 0.05) is 6.08 Å². The van der Waals surface area contributed by atoms with E-state index in [1.807, 2.05) is 6.92 Å². The van der Waals surface area contributed by atoms with Crippen molar-refractivity contribution in [3.05, 3.63) is 34.9 Å². The summed E-state index contributed by atoms with van der Waals surface area (Å²) in [5.41, 5.74) is 0.630. The Hall–Kier alpha value is -1.48. The molecule has 0 bridgehead atoms. The summed E-state index contributed by atoms with van der Waals surface area (Å²) in [5.74, 6) is -0.445. The van der Waals surface area contributed by atoms with Gasteiger partial charge in [-0.05, 0) is 24.6 Å². The van der Waals surface area contributed by atoms with E-state index in [0.717, 1.165) is 6.08 Å². The van der Waals surface area contributed by atoms with Gasteiger partial charge in [0.25, 0.3) is 0 Å². The van der Waals surface area contributed by atoms with E-state index in [-0.39, 0.29) is 0 Å². The lowest BCUT2D eigenvalue weighted by Crippen LogP contribution is -1.93. The Balaban J connectivity index is 2.98. The molecule has 1 aromatic rings. The molecule has 0 aliphatic carbocycles. The van der Waals surface area contributed by atoms with Gasteiger partial charge in [-0.3, -0.25) is 0 Å². The molecular weight excluding hydrogens is 216 g/mol. The van der Waals surface area contributed by atoms with Gasteiger partial charge in [0.15, 0.2) is 0 Å². The molecule has 4 heteroatoms. The maximum absolute atomic E-state index is 10.3. The first-order valence-corrected chi connectivity index (χ1v) is 4.85. The standard InChI is InChI=1S/C11H11ClO3/c1-2-15-9-5-3-4-8(11(9)12)6-7-10(13)14/h3-7H,2H2,1H3,(H,13,14)/b7-6+. The van der Waals surface area contributed by atoms with Crippen molar-refractivity contribution in [1.82, 2.24) is 0 Å². The average Bonchev–Trinajstić information content (AvgIpc) is 2.19. The highest BCUT2D eigenvalue weighted by Crippen LogP contribution is 2.28. The zero-order chi connectivity index (χ0) is 11.3. The highest BCUT2D eigenvalue weighted by Gasteiger charge is 2.04. The molecule has 1 N–H and O–H groups in total. The summed E-state index contributed by atoms with van der Waals surface area (Å²) in [5, 5.41) is 8.90. The van der Waals surface area contributed by atoms with Gasteiger partial charge in [-0.25, -0.2) is 4.79 Å². The minimum absolute atomic E-state index is 0.428. The van der Waals surface area contributed by atoms with Crippen LogP contribution in [0.25, 0.3) is 6.08 Å². The van der Waals surface area contributed by atoms with E-state index in [0.29, 0.717) is 22.9 Å². The van der Waals surface area contributed by atoms with Gasteiger partial charge >= 0.3 is 5.97 Å². The highest BCUT2D eigenvalue weighted by atomic mass is 35.5. The van der Waals surface area contributed by atoms with E-state index in [2.05, 4.69) is 0 Å². The molecule has 0 saturated carbocycles. The largest absolute Gasteiger partial charge is 0.492 e. The fraction of sp³-hybridized carbons (Fsp3) is 0.182. The summed E-state index contributed by atoms with van der Waals surface area (Å²) in [6.45, 7) is 2.38. The highest BCUT2D eigenvalue weighted by molar-refractivity contribution is 6.33. The first-order chi connectivity index (χ1) is 7.15. The predicted octanol–water partition coefficient (Wildman–Crippen LogP) is 2.84. The normalized spacial score (nSPS) is 10.5. The maximum Gasteiger partial charge on any atom is 0.328 e. The van der Waals surface area contributed by atoms with Crippen molar-refractivity contribution >= 4 is 23.6 Å². The van der Waals surface area contributed by atoms with Gasteiger partial charge in [0.1, 0.15) is 5.75 Å². The number of benzene rings is 1. The van der Waals surface area contributed by atoms with Gasteiger partial charge < -0.3 is 9.84 Å². The summed E-state index contributed by atoms with van der Waals surface area (Å²) in [6.07, 6.45) is 2.48. The van der Waals surface area contributed by atoms with Gasteiger partial charge in [-0.15, -0.1) is 0 Å². The topological polar surface area (TPSA) is 46.5 Å². The van der Waals surface area contributed by atoms with Crippen molar-refractivity contribution in [2.75, 3.05) is 6.61 Å². The molecule has 1 aromatic carbocycles. The third-order valence-electron chi connectivity index (χ3n) is 1.70. The van der Waals surface area contributed by atoms with Gasteiger partial charge in [0.2, 0.25) is 0 Å². The van der Waals surface area contributed by atoms with Crippen LogP contribution in [0.15, 0.2) is 24.3 Å². The van der Waals surface area contributed by atoms with Gasteiger partial charge in [-0.2, -0.15) is 0 Å². The van der Waals surface area contributed by atoms with Crippen LogP contribution in [-0.2, 0) is 4.79 Å². The van der Waals surface area contributed by atoms with Crippen LogP contribution in [0.5, 0.6) is 5.75 Å². The van der Waals surface area contributed by atoms with E-state index in [1.165, 1.54) is 6.08 Å². The van der Waals surface area contributed by atoms with Gasteiger partial charge in [0.05, 0.1) is 11.6 Å². The summed E-state index contributed by atoms with van der Waals surface area (Å²) in [7, 11) is 0. The number of hydrogen-bond donors (Lipinski definition) is 1. The van der Waals surface area contributed by atoms with Crippen molar-refractivity contribution in [2.24, 2.45) is 0 Å². The molecule has 1 rings (SSSR count). The Kier molecular flexibility index (Phi) is 4.18. The molecule has 0 spiro atoms. The van der Waals surface area contributed by atoms with Crippen molar-refractivity contribution in [2.45, 2.75) is 6.92 Å². The number of hydrogen-bond acceptors (Lipinski definition) is 2. The number of carboxylic acid groups (broad SMARTS) is 1. The minimum Gasteiger partial charge on any atom is -0.492 e. The monoisotopic (exact) mass is 226 g/mol. The number of ether oxygens (including phenoxy) is 1. The number of rotatable bonds is 4. The fourth-order valence-electron chi connectivity index (χ4n) is 1.08. The van der Waals surface area contributed by atoms with Crippen LogP contribution < -0.4 is 4.74 Å². The lowest BCUT2D eigenvalue weighted by atomic mass is 10.2. The van der Waals surface area contributed by atoms with Crippen LogP contribution in [0.4, 0.5) is 0 Å². The summed E-state index contributed by atoms with van der Waals surface area (Å²) in [6, 6.07) is 5.23. The SMILES string of the molecule is CCOc1cccc(/C=C/C(=O)O)c1Cl. The van der Waals surface area contributed by atoms with E-state index in [9.17, 15) is 4.79 Å². The molecule has 0 radical (unpaired) electrons. The average molecular weight is 227 g/mol. The predicted molar refractivity (Wildman–Crippen MR) is 59.3 cm³/mol. The Morgan fingerprint density at radius 2 is 2.33 bits per heavy atom. The van der Waals surface area contributed by atoms with E-state index in [4.69, 9.17) is 21.4 Å². The zero-order valence-corrected chi connectivity index (χ0v) is 8.99. The molecule has 80 valence electrons. The Morgan fingerprint density at radius 1 is 1.60 bits per heavy atom. The molecular formula is C11H11ClO3. The molecule has 15 heavy (non-hydrogen) atoms. The van der Waals surface area contributed by atoms with Crippen LogP contribution in [0.1, 0.15) is 12.5 Å². The number of carbonyl (C=O) groups is 1. The fourth-order valence-corrected chi connectivity index (χ4v) is 1.33. The molecule has 0 unspecified atom stereocenters. The van der Waals surface area contributed by atoms with Crippen molar-refractivity contribution in [3.63, 3.8) is 0 Å². The summed E-state index contributed by atoms with van der Waals surface area (Å²) in [4.78, 5) is 10.3. The lowest BCUT2D eigenvalue weighted by Gasteiger charge is -2.06. The van der Waals surface area contributed by atoms with Crippen molar-refractivity contribution in [3.8, 4) is 5.75 Å². The number of carboxylic acids is 1. The van der Waals surface area contributed by atoms with Crippen molar-refractivity contribution < 1.29 is 14.6 Å². The molecule has 3 nitrogen and oxygen atoms in total. The van der Waals surface area contributed by atoms with E-state index >= 15 is 0 Å². The maximum atomic E-state index is 10.3. The minimum atomic E-state index is -1.01. The van der Waals surface area contributed by atoms with Crippen LogP contribution in [0.2, 0.25) is 5.02 Å². The quantitative estimate of drug-likeness (QED) is 0.803. The molecule has 0 aromatic heterocycles. The molecule has 0 heterocycles. The lowest BCUT2D eigenvalue weighted by molar-refractivity contribution is -0.131. The molecule has 0 aliphatic rings. The second kappa shape index (κ2) is 5.41. The third kappa shape index (κ3) is 3.29. The van der Waals surface area contributed by atoms with Crippen LogP contribution in [-0.4, -0.2) is 17.7 Å². The van der Waals surface area contributed by atoms with E-state index in [1.54, 1.807) is 18.2 Å². The summed E-state index contributed by atoms with van der Waals surface area (Å²) >= 11 is 6.00. The Morgan fingerprint density at radius 3 is 2.93 bits per heavy atom. The van der Waals surface area contributed by atoms with Crippen LogP contribution in [0, 0.1) is 0 Å². The zero-order valence-electron chi connectivity index (χ0n) is 8.24. The second-order valence-electron chi connectivity index (χ2n) is 2.76. The molecule has 0 amide bonds. The van der Waals surface area contributed by atoms with Gasteiger partial charge in [-0.1, -0.05) is 23.7 Å². The first kappa shape index (κ1) is 11.6. The summed E-state index contributed by atoms with van der Waals surface area (Å²) < 4.78 is 5.27.